The summed E-state index contributed by atoms with van der Waals surface area (Å²) < 4.78 is 17.0. The highest BCUT2D eigenvalue weighted by Gasteiger charge is 2.27. The molecule has 0 atom stereocenters. The SMILES string of the molecule is C=C(Nc1ccc(C(=O)O)cc1F)c1c(CC)cn(C2CCN(c3ncc(CC)cn3)CC2)c1/N=C\CCCC. The first-order chi connectivity index (χ1) is 19.4. The van der Waals surface area contributed by atoms with E-state index in [4.69, 9.17) is 4.99 Å². The van der Waals surface area contributed by atoms with Gasteiger partial charge in [0, 0.05) is 55.2 Å². The third kappa shape index (κ3) is 6.58. The fourth-order valence-corrected chi connectivity index (χ4v) is 5.03. The molecule has 3 heterocycles. The van der Waals surface area contributed by atoms with Gasteiger partial charge in [0.15, 0.2) is 0 Å². The van der Waals surface area contributed by atoms with Crippen LogP contribution < -0.4 is 10.2 Å². The molecule has 2 N–H and O–H groups in total. The van der Waals surface area contributed by atoms with Gasteiger partial charge < -0.3 is 19.9 Å². The van der Waals surface area contributed by atoms with E-state index in [1.165, 1.54) is 12.1 Å². The molecule has 0 radical (unpaired) electrons. The van der Waals surface area contributed by atoms with Gasteiger partial charge in [0.05, 0.1) is 11.3 Å². The minimum absolute atomic E-state index is 0.103. The van der Waals surface area contributed by atoms with Gasteiger partial charge in [-0.15, -0.1) is 0 Å². The Morgan fingerprint density at radius 1 is 1.20 bits per heavy atom. The van der Waals surface area contributed by atoms with Crippen molar-refractivity contribution >= 4 is 35.3 Å². The molecule has 8 nitrogen and oxygen atoms in total. The zero-order valence-electron chi connectivity index (χ0n) is 23.7. The molecule has 0 bridgehead atoms. The van der Waals surface area contributed by atoms with Crippen LogP contribution in [-0.2, 0) is 12.8 Å². The molecule has 1 fully saturated rings. The van der Waals surface area contributed by atoms with Crippen molar-refractivity contribution in [2.75, 3.05) is 23.3 Å². The highest BCUT2D eigenvalue weighted by Crippen LogP contribution is 2.38. The fraction of sp³-hybridized carbons (Fsp3) is 0.419. The number of hydrogen-bond donors (Lipinski definition) is 2. The van der Waals surface area contributed by atoms with Crippen LogP contribution in [0.3, 0.4) is 0 Å². The number of halogens is 1. The van der Waals surface area contributed by atoms with E-state index in [0.717, 1.165) is 92.6 Å². The second kappa shape index (κ2) is 13.4. The van der Waals surface area contributed by atoms with E-state index in [9.17, 15) is 14.3 Å². The van der Waals surface area contributed by atoms with E-state index in [-0.39, 0.29) is 17.3 Å². The van der Waals surface area contributed by atoms with Crippen molar-refractivity contribution in [3.05, 3.63) is 71.4 Å². The van der Waals surface area contributed by atoms with Gasteiger partial charge >= 0.3 is 5.97 Å². The summed E-state index contributed by atoms with van der Waals surface area (Å²) >= 11 is 0. The van der Waals surface area contributed by atoms with E-state index in [1.807, 2.05) is 18.6 Å². The average Bonchev–Trinajstić information content (AvgIpc) is 3.35. The van der Waals surface area contributed by atoms with E-state index < -0.39 is 11.8 Å². The number of hydrogen-bond acceptors (Lipinski definition) is 6. The lowest BCUT2D eigenvalue weighted by Gasteiger charge is -2.33. The van der Waals surface area contributed by atoms with Crippen molar-refractivity contribution in [3.8, 4) is 0 Å². The van der Waals surface area contributed by atoms with Gasteiger partial charge in [0.25, 0.3) is 0 Å². The van der Waals surface area contributed by atoms with Gasteiger partial charge in [-0.05, 0) is 67.9 Å². The zero-order chi connectivity index (χ0) is 28.6. The second-order valence-electron chi connectivity index (χ2n) is 10.1. The second-order valence-corrected chi connectivity index (χ2v) is 10.1. The molecule has 4 rings (SSSR count). The van der Waals surface area contributed by atoms with Crippen LogP contribution in [0.25, 0.3) is 5.70 Å². The van der Waals surface area contributed by atoms with Crippen LogP contribution in [0.15, 0.2) is 48.4 Å². The number of aliphatic imine (C=N–C) groups is 1. The lowest BCUT2D eigenvalue weighted by molar-refractivity contribution is 0.0696. The van der Waals surface area contributed by atoms with Crippen molar-refractivity contribution < 1.29 is 14.3 Å². The molecular formula is C31H39FN6O2. The number of nitrogens with zero attached hydrogens (tertiary/aromatic N) is 5. The summed E-state index contributed by atoms with van der Waals surface area (Å²) in [7, 11) is 0. The maximum atomic E-state index is 14.8. The molecule has 3 aromatic rings. The topological polar surface area (TPSA) is 95.6 Å². The number of aromatic carboxylic acids is 1. The molecule has 2 aromatic heterocycles. The molecule has 1 aromatic carbocycles. The third-order valence-corrected chi connectivity index (χ3v) is 7.41. The largest absolute Gasteiger partial charge is 0.478 e. The third-order valence-electron chi connectivity index (χ3n) is 7.41. The monoisotopic (exact) mass is 546 g/mol. The molecule has 212 valence electrons. The number of nitrogens with one attached hydrogen (secondary N) is 1. The fourth-order valence-electron chi connectivity index (χ4n) is 5.03. The summed E-state index contributed by atoms with van der Waals surface area (Å²) in [6, 6.07) is 4.06. The summed E-state index contributed by atoms with van der Waals surface area (Å²) in [6.07, 6.45) is 14.4. The Bertz CT molecular complexity index is 1360. The molecule has 0 spiro atoms. The van der Waals surface area contributed by atoms with Crippen LogP contribution >= 0.6 is 0 Å². The first-order valence-electron chi connectivity index (χ1n) is 14.2. The summed E-state index contributed by atoms with van der Waals surface area (Å²) in [5, 5.41) is 12.3. The smallest absolute Gasteiger partial charge is 0.335 e. The maximum absolute atomic E-state index is 14.8. The van der Waals surface area contributed by atoms with Crippen molar-refractivity contribution in [3.63, 3.8) is 0 Å². The minimum Gasteiger partial charge on any atom is -0.478 e. The number of carbonyl (C=O) groups is 1. The van der Waals surface area contributed by atoms with Crippen molar-refractivity contribution in [2.45, 2.75) is 71.8 Å². The predicted octanol–water partition coefficient (Wildman–Crippen LogP) is 7.06. The van der Waals surface area contributed by atoms with Gasteiger partial charge in [0.1, 0.15) is 11.6 Å². The molecule has 9 heteroatoms. The Hall–Kier alpha value is -4.01. The Labute approximate surface area is 235 Å². The van der Waals surface area contributed by atoms with Gasteiger partial charge in [-0.25, -0.2) is 24.1 Å². The average molecular weight is 547 g/mol. The van der Waals surface area contributed by atoms with Gasteiger partial charge in [-0.3, -0.25) is 0 Å². The molecule has 0 aliphatic carbocycles. The van der Waals surface area contributed by atoms with Gasteiger partial charge in [-0.2, -0.15) is 0 Å². The first kappa shape index (κ1) is 29.0. The predicted molar refractivity (Wildman–Crippen MR) is 159 cm³/mol. The number of benzene rings is 1. The molecule has 0 unspecified atom stereocenters. The van der Waals surface area contributed by atoms with Crippen molar-refractivity contribution in [1.82, 2.24) is 14.5 Å². The van der Waals surface area contributed by atoms with E-state index in [1.54, 1.807) is 0 Å². The normalized spacial score (nSPS) is 14.2. The zero-order valence-corrected chi connectivity index (χ0v) is 23.7. The highest BCUT2D eigenvalue weighted by atomic mass is 19.1. The number of rotatable bonds is 12. The van der Waals surface area contributed by atoms with Crippen LogP contribution in [0.4, 0.5) is 21.8 Å². The number of piperidine rings is 1. The highest BCUT2D eigenvalue weighted by molar-refractivity contribution is 5.89. The van der Waals surface area contributed by atoms with Crippen LogP contribution in [0.2, 0.25) is 0 Å². The Morgan fingerprint density at radius 3 is 2.52 bits per heavy atom. The van der Waals surface area contributed by atoms with Crippen molar-refractivity contribution in [1.29, 1.82) is 0 Å². The number of unbranched alkanes of at least 4 members (excludes halogenated alkanes) is 2. The van der Waals surface area contributed by atoms with E-state index in [2.05, 4.69) is 58.3 Å². The van der Waals surface area contributed by atoms with E-state index >= 15 is 0 Å². The van der Waals surface area contributed by atoms with Gasteiger partial charge in [-0.1, -0.05) is 33.8 Å². The number of carboxylic acids is 1. The van der Waals surface area contributed by atoms with E-state index in [0.29, 0.717) is 5.70 Å². The minimum atomic E-state index is -1.17. The Morgan fingerprint density at radius 2 is 1.93 bits per heavy atom. The van der Waals surface area contributed by atoms with Crippen LogP contribution in [-0.4, -0.2) is 44.9 Å². The van der Waals surface area contributed by atoms with Crippen LogP contribution in [0.5, 0.6) is 0 Å². The van der Waals surface area contributed by atoms with Crippen molar-refractivity contribution in [2.24, 2.45) is 4.99 Å². The molecule has 40 heavy (non-hydrogen) atoms. The number of aryl methyl sites for hydroxylation is 2. The Balaban J connectivity index is 1.60. The number of aromatic nitrogens is 3. The molecule has 1 aliphatic rings. The first-order valence-corrected chi connectivity index (χ1v) is 14.2. The summed E-state index contributed by atoms with van der Waals surface area (Å²) in [5.41, 5.74) is 3.66. The van der Waals surface area contributed by atoms with Gasteiger partial charge in [0.2, 0.25) is 5.95 Å². The van der Waals surface area contributed by atoms with Crippen LogP contribution in [0, 0.1) is 5.82 Å². The number of anilines is 2. The quantitative estimate of drug-likeness (QED) is 0.187. The molecule has 1 aliphatic heterocycles. The molecular weight excluding hydrogens is 507 g/mol. The maximum Gasteiger partial charge on any atom is 0.335 e. The number of carboxylic acid groups (broad SMARTS) is 1. The Kier molecular flexibility index (Phi) is 9.69. The lowest BCUT2D eigenvalue weighted by Crippen LogP contribution is -2.35. The molecule has 0 saturated carbocycles. The lowest BCUT2D eigenvalue weighted by atomic mass is 10.0. The summed E-state index contributed by atoms with van der Waals surface area (Å²) in [5.74, 6) is -0.235. The molecule has 1 saturated heterocycles. The molecule has 0 amide bonds. The summed E-state index contributed by atoms with van der Waals surface area (Å²) in [4.78, 5) is 27.5. The summed E-state index contributed by atoms with van der Waals surface area (Å²) in [6.45, 7) is 12.3. The standard InChI is InChI=1S/C31H39FN6O2/c1-5-8-9-14-33-29-28(21(4)36-27-11-10-24(30(39)40)17-26(27)32)23(7-3)20-38(29)25-12-15-37(16-13-25)31-34-18-22(6-2)19-35-31/h10-11,14,17-20,25,36H,4-9,12-13,15-16H2,1-3H3,(H,39,40)/b33-14-. The van der Waals surface area contributed by atoms with Crippen LogP contribution in [0.1, 0.15) is 86.0 Å².